The third kappa shape index (κ3) is 3.25. The van der Waals surface area contributed by atoms with Crippen molar-refractivity contribution >= 4 is 0 Å². The third-order valence-corrected chi connectivity index (χ3v) is 3.42. The average Bonchev–Trinajstić information content (AvgIpc) is 2.21. The van der Waals surface area contributed by atoms with Crippen LogP contribution in [0.5, 0.6) is 0 Å². The first-order chi connectivity index (χ1) is 6.79. The molecule has 0 spiro atoms. The summed E-state index contributed by atoms with van der Waals surface area (Å²) in [5.74, 6) is 0. The molecule has 1 heterocycles. The second kappa shape index (κ2) is 6.41. The molecule has 1 unspecified atom stereocenters. The van der Waals surface area contributed by atoms with Crippen LogP contribution in [0, 0.1) is 0 Å². The quantitative estimate of drug-likeness (QED) is 0.729. The van der Waals surface area contributed by atoms with Gasteiger partial charge in [0.25, 0.3) is 0 Å². The van der Waals surface area contributed by atoms with Crippen LogP contribution < -0.4 is 5.32 Å². The Morgan fingerprint density at radius 3 is 2.43 bits per heavy atom. The molecule has 1 aliphatic rings. The molecule has 1 aliphatic heterocycles. The summed E-state index contributed by atoms with van der Waals surface area (Å²) in [4.78, 5) is 2.70. The van der Waals surface area contributed by atoms with E-state index in [1.165, 1.54) is 45.3 Å². The van der Waals surface area contributed by atoms with Crippen molar-refractivity contribution in [1.82, 2.24) is 10.2 Å². The zero-order chi connectivity index (χ0) is 10.4. The first kappa shape index (κ1) is 12.0. The van der Waals surface area contributed by atoms with Crippen molar-refractivity contribution in [2.75, 3.05) is 19.6 Å². The van der Waals surface area contributed by atoms with Crippen molar-refractivity contribution in [3.8, 4) is 0 Å². The zero-order valence-electron chi connectivity index (χ0n) is 10.1. The van der Waals surface area contributed by atoms with Gasteiger partial charge in [-0.2, -0.15) is 0 Å². The van der Waals surface area contributed by atoms with Crippen molar-refractivity contribution in [2.45, 2.75) is 58.5 Å². The Morgan fingerprint density at radius 2 is 1.93 bits per heavy atom. The van der Waals surface area contributed by atoms with Gasteiger partial charge in [-0.1, -0.05) is 20.3 Å². The van der Waals surface area contributed by atoms with Gasteiger partial charge in [-0.25, -0.2) is 0 Å². The maximum absolute atomic E-state index is 3.44. The van der Waals surface area contributed by atoms with E-state index in [1.807, 2.05) is 0 Å². The molecule has 0 aromatic heterocycles. The summed E-state index contributed by atoms with van der Waals surface area (Å²) in [6.07, 6.45) is 5.32. The normalized spacial score (nSPS) is 21.4. The van der Waals surface area contributed by atoms with Gasteiger partial charge >= 0.3 is 0 Å². The van der Waals surface area contributed by atoms with Crippen molar-refractivity contribution in [3.05, 3.63) is 0 Å². The van der Waals surface area contributed by atoms with Gasteiger partial charge in [0.2, 0.25) is 0 Å². The number of hydrogen-bond acceptors (Lipinski definition) is 2. The highest BCUT2D eigenvalue weighted by atomic mass is 15.2. The van der Waals surface area contributed by atoms with Crippen LogP contribution in [-0.4, -0.2) is 36.6 Å². The van der Waals surface area contributed by atoms with Crippen LogP contribution in [0.25, 0.3) is 0 Å². The first-order valence-electron chi connectivity index (χ1n) is 6.26. The summed E-state index contributed by atoms with van der Waals surface area (Å²) in [6.45, 7) is 10.6. The van der Waals surface area contributed by atoms with Crippen LogP contribution in [0.1, 0.15) is 46.5 Å². The molecule has 1 fully saturated rings. The second-order valence-electron chi connectivity index (χ2n) is 4.45. The minimum Gasteiger partial charge on any atom is -0.317 e. The number of nitrogens with one attached hydrogen (secondary N) is 1. The topological polar surface area (TPSA) is 15.3 Å². The standard InChI is InChI=1S/C12H26N2/c1-4-6-11(3)14(5-2)12-7-9-13-10-8-12/h11-13H,4-10H2,1-3H3. The van der Waals surface area contributed by atoms with Crippen LogP contribution in [0.2, 0.25) is 0 Å². The van der Waals surface area contributed by atoms with Gasteiger partial charge in [-0.05, 0) is 45.8 Å². The maximum Gasteiger partial charge on any atom is 0.0122 e. The largest absolute Gasteiger partial charge is 0.317 e. The van der Waals surface area contributed by atoms with Gasteiger partial charge in [0.15, 0.2) is 0 Å². The summed E-state index contributed by atoms with van der Waals surface area (Å²) in [7, 11) is 0. The van der Waals surface area contributed by atoms with Crippen LogP contribution in [0.15, 0.2) is 0 Å². The molecule has 0 radical (unpaired) electrons. The Bertz CT molecular complexity index is 141. The molecule has 1 atom stereocenters. The Morgan fingerprint density at radius 1 is 1.29 bits per heavy atom. The Labute approximate surface area is 89.1 Å². The predicted octanol–water partition coefficient (Wildman–Crippen LogP) is 2.25. The molecule has 2 nitrogen and oxygen atoms in total. The minimum atomic E-state index is 0.771. The van der Waals surface area contributed by atoms with Gasteiger partial charge in [-0.15, -0.1) is 0 Å². The van der Waals surface area contributed by atoms with E-state index >= 15 is 0 Å². The molecule has 0 aromatic carbocycles. The summed E-state index contributed by atoms with van der Waals surface area (Å²) < 4.78 is 0. The first-order valence-corrected chi connectivity index (χ1v) is 6.26. The zero-order valence-corrected chi connectivity index (χ0v) is 10.1. The smallest absolute Gasteiger partial charge is 0.0122 e. The third-order valence-electron chi connectivity index (χ3n) is 3.42. The molecule has 0 aliphatic carbocycles. The van der Waals surface area contributed by atoms with E-state index in [0.29, 0.717) is 0 Å². The summed E-state index contributed by atoms with van der Waals surface area (Å²) >= 11 is 0. The van der Waals surface area contributed by atoms with E-state index < -0.39 is 0 Å². The monoisotopic (exact) mass is 198 g/mol. The number of rotatable bonds is 5. The van der Waals surface area contributed by atoms with E-state index in [2.05, 4.69) is 31.0 Å². The van der Waals surface area contributed by atoms with Crippen molar-refractivity contribution in [3.63, 3.8) is 0 Å². The minimum absolute atomic E-state index is 0.771. The van der Waals surface area contributed by atoms with Crippen LogP contribution in [0.3, 0.4) is 0 Å². The maximum atomic E-state index is 3.44. The Balaban J connectivity index is 2.41. The highest BCUT2D eigenvalue weighted by molar-refractivity contribution is 4.80. The summed E-state index contributed by atoms with van der Waals surface area (Å²) in [6, 6.07) is 1.61. The fraction of sp³-hybridized carbons (Fsp3) is 1.00. The summed E-state index contributed by atoms with van der Waals surface area (Å²) in [5, 5.41) is 3.44. The Kier molecular flexibility index (Phi) is 5.49. The van der Waals surface area contributed by atoms with Gasteiger partial charge in [0, 0.05) is 12.1 Å². The second-order valence-corrected chi connectivity index (χ2v) is 4.45. The van der Waals surface area contributed by atoms with E-state index in [1.54, 1.807) is 0 Å². The molecule has 0 bridgehead atoms. The van der Waals surface area contributed by atoms with Crippen LogP contribution in [0.4, 0.5) is 0 Å². The lowest BCUT2D eigenvalue weighted by Crippen LogP contribution is -2.47. The van der Waals surface area contributed by atoms with Crippen molar-refractivity contribution in [2.24, 2.45) is 0 Å². The SMILES string of the molecule is CCCC(C)N(CC)C1CCNCC1. The van der Waals surface area contributed by atoms with E-state index in [0.717, 1.165) is 12.1 Å². The van der Waals surface area contributed by atoms with Gasteiger partial charge < -0.3 is 5.32 Å². The molecule has 0 aromatic rings. The molecular formula is C12H26N2. The van der Waals surface area contributed by atoms with Gasteiger partial charge in [0.1, 0.15) is 0 Å². The van der Waals surface area contributed by atoms with Crippen LogP contribution >= 0.6 is 0 Å². The molecule has 1 rings (SSSR count). The number of nitrogens with zero attached hydrogens (tertiary/aromatic N) is 1. The highest BCUT2D eigenvalue weighted by Crippen LogP contribution is 2.17. The number of hydrogen-bond donors (Lipinski definition) is 1. The van der Waals surface area contributed by atoms with Gasteiger partial charge in [-0.3, -0.25) is 4.90 Å². The fourth-order valence-corrected chi connectivity index (χ4v) is 2.65. The predicted molar refractivity (Wildman–Crippen MR) is 62.6 cm³/mol. The molecule has 84 valence electrons. The fourth-order valence-electron chi connectivity index (χ4n) is 2.65. The molecular weight excluding hydrogens is 172 g/mol. The highest BCUT2D eigenvalue weighted by Gasteiger charge is 2.22. The Hall–Kier alpha value is -0.0800. The molecule has 14 heavy (non-hydrogen) atoms. The van der Waals surface area contributed by atoms with Crippen molar-refractivity contribution < 1.29 is 0 Å². The summed E-state index contributed by atoms with van der Waals surface area (Å²) in [5.41, 5.74) is 0. The lowest BCUT2D eigenvalue weighted by atomic mass is 10.0. The lowest BCUT2D eigenvalue weighted by Gasteiger charge is -2.38. The van der Waals surface area contributed by atoms with Crippen molar-refractivity contribution in [1.29, 1.82) is 0 Å². The lowest BCUT2D eigenvalue weighted by molar-refractivity contribution is 0.118. The van der Waals surface area contributed by atoms with Crippen LogP contribution in [-0.2, 0) is 0 Å². The molecule has 1 saturated heterocycles. The molecule has 1 N–H and O–H groups in total. The molecule has 0 saturated carbocycles. The molecule has 0 amide bonds. The van der Waals surface area contributed by atoms with E-state index in [4.69, 9.17) is 0 Å². The number of piperidine rings is 1. The average molecular weight is 198 g/mol. The molecule has 2 heteroatoms. The van der Waals surface area contributed by atoms with Gasteiger partial charge in [0.05, 0.1) is 0 Å². The van der Waals surface area contributed by atoms with E-state index in [9.17, 15) is 0 Å². The van der Waals surface area contributed by atoms with E-state index in [-0.39, 0.29) is 0 Å².